The number of amides is 1. The summed E-state index contributed by atoms with van der Waals surface area (Å²) in [6.45, 7) is 2.80. The Balaban J connectivity index is 1.73. The summed E-state index contributed by atoms with van der Waals surface area (Å²) in [7, 11) is 2.12. The molecule has 1 saturated carbocycles. The summed E-state index contributed by atoms with van der Waals surface area (Å²) in [5.41, 5.74) is 7.05. The molecule has 0 heterocycles. The van der Waals surface area contributed by atoms with Gasteiger partial charge in [-0.05, 0) is 38.8 Å². The predicted octanol–water partition coefficient (Wildman–Crippen LogP) is 1.16. The maximum absolute atomic E-state index is 12.0. The Kier molecular flexibility index (Phi) is 5.15. The lowest BCUT2D eigenvalue weighted by molar-refractivity contribution is -0.122. The molecule has 1 aliphatic carbocycles. The molecular weight excluding hydrogens is 250 g/mol. The van der Waals surface area contributed by atoms with Crippen LogP contribution in [0.2, 0.25) is 0 Å². The molecule has 3 N–H and O–H groups in total. The fourth-order valence-electron chi connectivity index (χ4n) is 2.33. The first-order valence-corrected chi connectivity index (χ1v) is 7.37. The zero-order valence-electron chi connectivity index (χ0n) is 12.4. The number of hydrogen-bond acceptors (Lipinski definition) is 3. The summed E-state index contributed by atoms with van der Waals surface area (Å²) in [4.78, 5) is 14.3. The summed E-state index contributed by atoms with van der Waals surface area (Å²) in [5, 5.41) is 2.96. The number of likely N-dealkylation sites (N-methyl/N-ethyl adjacent to an activating group) is 1. The van der Waals surface area contributed by atoms with Gasteiger partial charge in [-0.25, -0.2) is 0 Å². The normalized spacial score (nSPS) is 17.8. The molecule has 0 aromatic heterocycles. The molecule has 2 rings (SSSR count). The van der Waals surface area contributed by atoms with Crippen molar-refractivity contribution in [3.05, 3.63) is 35.9 Å². The zero-order chi connectivity index (χ0) is 14.5. The number of nitrogens with one attached hydrogen (secondary N) is 1. The SMILES string of the molecule is CC(CNC(=O)[C@H](N)Cc1ccccc1)N(C)C1CC1. The van der Waals surface area contributed by atoms with Crippen LogP contribution in [-0.4, -0.2) is 42.5 Å². The van der Waals surface area contributed by atoms with E-state index in [1.807, 2.05) is 30.3 Å². The molecule has 20 heavy (non-hydrogen) atoms. The van der Waals surface area contributed by atoms with Crippen molar-refractivity contribution in [1.29, 1.82) is 0 Å². The quantitative estimate of drug-likeness (QED) is 0.785. The standard InChI is InChI=1S/C16H25N3O/c1-12(19(2)14-8-9-14)11-18-16(20)15(17)10-13-6-4-3-5-7-13/h3-7,12,14-15H,8-11,17H2,1-2H3,(H,18,20)/t12?,15-/m1/s1. The van der Waals surface area contributed by atoms with Crippen LogP contribution >= 0.6 is 0 Å². The topological polar surface area (TPSA) is 58.4 Å². The van der Waals surface area contributed by atoms with Crippen LogP contribution in [0.15, 0.2) is 30.3 Å². The molecule has 0 bridgehead atoms. The zero-order valence-corrected chi connectivity index (χ0v) is 12.4. The Bertz CT molecular complexity index is 431. The minimum atomic E-state index is -0.476. The van der Waals surface area contributed by atoms with E-state index in [1.54, 1.807) is 0 Å². The van der Waals surface area contributed by atoms with Crippen LogP contribution in [0.4, 0.5) is 0 Å². The summed E-state index contributed by atoms with van der Waals surface area (Å²) in [5.74, 6) is -0.0649. The maximum atomic E-state index is 12.0. The van der Waals surface area contributed by atoms with E-state index < -0.39 is 6.04 Å². The van der Waals surface area contributed by atoms with Crippen LogP contribution in [-0.2, 0) is 11.2 Å². The van der Waals surface area contributed by atoms with Crippen LogP contribution in [0.1, 0.15) is 25.3 Å². The second-order valence-corrected chi connectivity index (χ2v) is 5.79. The molecule has 1 fully saturated rings. The highest BCUT2D eigenvalue weighted by molar-refractivity contribution is 5.81. The third kappa shape index (κ3) is 4.32. The molecular formula is C16H25N3O. The van der Waals surface area contributed by atoms with E-state index >= 15 is 0 Å². The average molecular weight is 275 g/mol. The van der Waals surface area contributed by atoms with Crippen LogP contribution < -0.4 is 11.1 Å². The van der Waals surface area contributed by atoms with Gasteiger partial charge >= 0.3 is 0 Å². The minimum Gasteiger partial charge on any atom is -0.353 e. The molecule has 0 spiro atoms. The molecule has 1 unspecified atom stereocenters. The van der Waals surface area contributed by atoms with Gasteiger partial charge in [0.05, 0.1) is 6.04 Å². The van der Waals surface area contributed by atoms with E-state index in [2.05, 4.69) is 24.2 Å². The number of rotatable bonds is 7. The lowest BCUT2D eigenvalue weighted by Gasteiger charge is -2.25. The molecule has 110 valence electrons. The smallest absolute Gasteiger partial charge is 0.237 e. The third-order valence-electron chi connectivity index (χ3n) is 4.03. The Morgan fingerprint density at radius 2 is 2.05 bits per heavy atom. The van der Waals surface area contributed by atoms with E-state index in [4.69, 9.17) is 5.73 Å². The number of hydrogen-bond donors (Lipinski definition) is 2. The largest absolute Gasteiger partial charge is 0.353 e. The average Bonchev–Trinajstić information content (AvgIpc) is 3.29. The number of benzene rings is 1. The van der Waals surface area contributed by atoms with E-state index in [9.17, 15) is 4.79 Å². The second-order valence-electron chi connectivity index (χ2n) is 5.79. The van der Waals surface area contributed by atoms with Crippen LogP contribution in [0.5, 0.6) is 0 Å². The van der Waals surface area contributed by atoms with Crippen LogP contribution in [0.25, 0.3) is 0 Å². The van der Waals surface area contributed by atoms with Crippen molar-refractivity contribution >= 4 is 5.91 Å². The summed E-state index contributed by atoms with van der Waals surface area (Å²) < 4.78 is 0. The van der Waals surface area contributed by atoms with Gasteiger partial charge in [0.15, 0.2) is 0 Å². The first-order valence-electron chi connectivity index (χ1n) is 7.37. The van der Waals surface area contributed by atoms with Crippen molar-refractivity contribution in [2.24, 2.45) is 5.73 Å². The fraction of sp³-hybridized carbons (Fsp3) is 0.562. The van der Waals surface area contributed by atoms with Gasteiger partial charge in [0.25, 0.3) is 0 Å². The van der Waals surface area contributed by atoms with E-state index in [0.29, 0.717) is 25.0 Å². The number of carbonyl (C=O) groups is 1. The van der Waals surface area contributed by atoms with E-state index in [1.165, 1.54) is 12.8 Å². The predicted molar refractivity (Wildman–Crippen MR) is 81.4 cm³/mol. The summed E-state index contributed by atoms with van der Waals surface area (Å²) in [6.07, 6.45) is 3.14. The van der Waals surface area contributed by atoms with E-state index in [-0.39, 0.29) is 5.91 Å². The van der Waals surface area contributed by atoms with Crippen LogP contribution in [0.3, 0.4) is 0 Å². The van der Waals surface area contributed by atoms with Gasteiger partial charge < -0.3 is 11.1 Å². The van der Waals surface area contributed by atoms with Crippen molar-refractivity contribution in [1.82, 2.24) is 10.2 Å². The Labute approximate surface area is 121 Å². The van der Waals surface area contributed by atoms with Gasteiger partial charge in [0, 0.05) is 18.6 Å². The number of nitrogens with zero attached hydrogens (tertiary/aromatic N) is 1. The van der Waals surface area contributed by atoms with Gasteiger partial charge in [-0.15, -0.1) is 0 Å². The Morgan fingerprint density at radius 1 is 1.40 bits per heavy atom. The van der Waals surface area contributed by atoms with Gasteiger partial charge in [-0.3, -0.25) is 9.69 Å². The molecule has 1 aromatic rings. The minimum absolute atomic E-state index is 0.0649. The van der Waals surface area contributed by atoms with Gasteiger partial charge in [0.1, 0.15) is 0 Å². The van der Waals surface area contributed by atoms with Crippen molar-refractivity contribution in [2.45, 2.75) is 44.3 Å². The van der Waals surface area contributed by atoms with E-state index in [0.717, 1.165) is 5.56 Å². The highest BCUT2D eigenvalue weighted by atomic mass is 16.2. The van der Waals surface area contributed by atoms with Crippen molar-refractivity contribution in [3.8, 4) is 0 Å². The first-order chi connectivity index (χ1) is 9.58. The number of carbonyl (C=O) groups excluding carboxylic acids is 1. The lowest BCUT2D eigenvalue weighted by atomic mass is 10.1. The molecule has 4 nitrogen and oxygen atoms in total. The molecule has 0 saturated heterocycles. The first kappa shape index (κ1) is 15.0. The highest BCUT2D eigenvalue weighted by Crippen LogP contribution is 2.26. The maximum Gasteiger partial charge on any atom is 0.237 e. The second kappa shape index (κ2) is 6.86. The molecule has 4 heteroatoms. The highest BCUT2D eigenvalue weighted by Gasteiger charge is 2.29. The molecule has 0 radical (unpaired) electrons. The molecule has 1 amide bonds. The monoisotopic (exact) mass is 275 g/mol. The molecule has 0 aliphatic heterocycles. The summed E-state index contributed by atoms with van der Waals surface area (Å²) >= 11 is 0. The Morgan fingerprint density at radius 3 is 2.65 bits per heavy atom. The van der Waals surface area contributed by atoms with Gasteiger partial charge in [0.2, 0.25) is 5.91 Å². The number of nitrogens with two attached hydrogens (primary N) is 1. The third-order valence-corrected chi connectivity index (χ3v) is 4.03. The van der Waals surface area contributed by atoms with Crippen LogP contribution in [0, 0.1) is 0 Å². The van der Waals surface area contributed by atoms with Gasteiger partial charge in [-0.2, -0.15) is 0 Å². The molecule has 2 atom stereocenters. The van der Waals surface area contributed by atoms with Crippen molar-refractivity contribution < 1.29 is 4.79 Å². The van der Waals surface area contributed by atoms with Gasteiger partial charge in [-0.1, -0.05) is 30.3 Å². The fourth-order valence-corrected chi connectivity index (χ4v) is 2.33. The Hall–Kier alpha value is -1.39. The molecule has 1 aromatic carbocycles. The van der Waals surface area contributed by atoms with Crippen molar-refractivity contribution in [3.63, 3.8) is 0 Å². The molecule has 1 aliphatic rings. The van der Waals surface area contributed by atoms with Crippen molar-refractivity contribution in [2.75, 3.05) is 13.6 Å². The lowest BCUT2D eigenvalue weighted by Crippen LogP contribution is -2.47. The summed E-state index contributed by atoms with van der Waals surface area (Å²) in [6, 6.07) is 10.5.